The van der Waals surface area contributed by atoms with Gasteiger partial charge in [0.2, 0.25) is 0 Å². The van der Waals surface area contributed by atoms with E-state index in [0.717, 1.165) is 41.3 Å². The second kappa shape index (κ2) is 6.46. The molecule has 0 bridgehead atoms. The van der Waals surface area contributed by atoms with Gasteiger partial charge in [0.1, 0.15) is 5.82 Å². The summed E-state index contributed by atoms with van der Waals surface area (Å²) in [4.78, 5) is 8.81. The van der Waals surface area contributed by atoms with Gasteiger partial charge in [-0.15, -0.1) is 11.6 Å². The highest BCUT2D eigenvalue weighted by Crippen LogP contribution is 2.25. The monoisotopic (exact) mass is 319 g/mol. The van der Waals surface area contributed by atoms with E-state index in [1.165, 1.54) is 5.56 Å². The summed E-state index contributed by atoms with van der Waals surface area (Å²) < 4.78 is 2.17. The quantitative estimate of drug-likeness (QED) is 0.662. The summed E-state index contributed by atoms with van der Waals surface area (Å²) in [7, 11) is 0. The molecule has 3 aromatic rings. The number of imidazole rings is 1. The Balaban J connectivity index is 1.97. The summed E-state index contributed by atoms with van der Waals surface area (Å²) in [5, 5.41) is 0.729. The highest BCUT2D eigenvalue weighted by atomic mass is 35.5. The van der Waals surface area contributed by atoms with E-state index < -0.39 is 0 Å². The first kappa shape index (κ1) is 14.4. The number of nitrogens with zero attached hydrogens (tertiary/aromatic N) is 3. The van der Waals surface area contributed by atoms with Crippen molar-refractivity contribution in [1.29, 1.82) is 0 Å². The molecule has 0 aliphatic heterocycles. The molecule has 0 unspecified atom stereocenters. The van der Waals surface area contributed by atoms with Gasteiger partial charge in [-0.25, -0.2) is 4.98 Å². The number of rotatable bonds is 5. The maximum absolute atomic E-state index is 6.35. The molecule has 0 radical (unpaired) electrons. The van der Waals surface area contributed by atoms with E-state index in [9.17, 15) is 0 Å². The molecule has 2 aromatic heterocycles. The zero-order valence-electron chi connectivity index (χ0n) is 11.5. The SMILES string of the molecule is ClCCc1nc2cccc(Cl)c2n1CCc1cccnc1. The maximum Gasteiger partial charge on any atom is 0.111 e. The van der Waals surface area contributed by atoms with Gasteiger partial charge in [0.25, 0.3) is 0 Å². The van der Waals surface area contributed by atoms with Crippen LogP contribution < -0.4 is 0 Å². The Morgan fingerprint density at radius 1 is 1.10 bits per heavy atom. The molecule has 0 amide bonds. The summed E-state index contributed by atoms with van der Waals surface area (Å²) in [5.41, 5.74) is 3.11. The van der Waals surface area contributed by atoms with E-state index in [1.54, 1.807) is 6.20 Å². The number of para-hydroxylation sites is 1. The molecule has 2 heterocycles. The van der Waals surface area contributed by atoms with E-state index in [2.05, 4.69) is 20.6 Å². The summed E-state index contributed by atoms with van der Waals surface area (Å²) in [6.45, 7) is 0.818. The lowest BCUT2D eigenvalue weighted by Gasteiger charge is -2.09. The minimum Gasteiger partial charge on any atom is -0.326 e. The largest absolute Gasteiger partial charge is 0.326 e. The molecule has 0 aliphatic carbocycles. The first-order chi connectivity index (χ1) is 10.3. The van der Waals surface area contributed by atoms with Crippen LogP contribution in [0.3, 0.4) is 0 Å². The van der Waals surface area contributed by atoms with Crippen LogP contribution in [0, 0.1) is 0 Å². The van der Waals surface area contributed by atoms with Crippen molar-refractivity contribution in [2.75, 3.05) is 5.88 Å². The number of benzene rings is 1. The fourth-order valence-corrected chi connectivity index (χ4v) is 2.93. The van der Waals surface area contributed by atoms with Gasteiger partial charge in [0.05, 0.1) is 16.1 Å². The van der Waals surface area contributed by atoms with Crippen LogP contribution in [-0.4, -0.2) is 20.4 Å². The fraction of sp³-hybridized carbons (Fsp3) is 0.250. The standard InChI is InChI=1S/C16H15Cl2N3/c17-8-6-15-20-14-5-1-4-13(18)16(14)21(15)10-7-12-3-2-9-19-11-12/h1-5,9,11H,6-8,10H2. The highest BCUT2D eigenvalue weighted by Gasteiger charge is 2.12. The average Bonchev–Trinajstić information content (AvgIpc) is 2.85. The Bertz CT molecular complexity index is 738. The van der Waals surface area contributed by atoms with Crippen molar-refractivity contribution in [1.82, 2.24) is 14.5 Å². The molecule has 0 saturated heterocycles. The summed E-state index contributed by atoms with van der Waals surface area (Å²) >= 11 is 12.2. The van der Waals surface area contributed by atoms with Gasteiger partial charge >= 0.3 is 0 Å². The van der Waals surface area contributed by atoms with Crippen LogP contribution in [-0.2, 0) is 19.4 Å². The van der Waals surface area contributed by atoms with Crippen molar-refractivity contribution < 1.29 is 0 Å². The molecule has 21 heavy (non-hydrogen) atoms. The normalized spacial score (nSPS) is 11.1. The van der Waals surface area contributed by atoms with Gasteiger partial charge in [-0.05, 0) is 30.2 Å². The molecule has 0 spiro atoms. The maximum atomic E-state index is 6.35. The van der Waals surface area contributed by atoms with E-state index in [4.69, 9.17) is 23.2 Å². The third-order valence-electron chi connectivity index (χ3n) is 3.46. The van der Waals surface area contributed by atoms with Crippen LogP contribution >= 0.6 is 23.2 Å². The third kappa shape index (κ3) is 3.04. The fourth-order valence-electron chi connectivity index (χ4n) is 2.49. The van der Waals surface area contributed by atoms with Gasteiger partial charge < -0.3 is 4.57 Å². The van der Waals surface area contributed by atoms with E-state index >= 15 is 0 Å². The zero-order valence-corrected chi connectivity index (χ0v) is 13.0. The van der Waals surface area contributed by atoms with Gasteiger partial charge in [-0.2, -0.15) is 0 Å². The Morgan fingerprint density at radius 3 is 2.76 bits per heavy atom. The number of aryl methyl sites for hydroxylation is 3. The van der Waals surface area contributed by atoms with Crippen LogP contribution in [0.1, 0.15) is 11.4 Å². The Kier molecular flexibility index (Phi) is 4.42. The average molecular weight is 320 g/mol. The smallest absolute Gasteiger partial charge is 0.111 e. The van der Waals surface area contributed by atoms with Crippen LogP contribution in [0.2, 0.25) is 5.02 Å². The van der Waals surface area contributed by atoms with Crippen molar-refractivity contribution in [2.45, 2.75) is 19.4 Å². The topological polar surface area (TPSA) is 30.7 Å². The van der Waals surface area contributed by atoms with Gasteiger partial charge in [0, 0.05) is 31.2 Å². The molecule has 5 heteroatoms. The first-order valence-corrected chi connectivity index (χ1v) is 7.79. The van der Waals surface area contributed by atoms with E-state index in [0.29, 0.717) is 5.88 Å². The van der Waals surface area contributed by atoms with Crippen LogP contribution in [0.25, 0.3) is 11.0 Å². The minimum absolute atomic E-state index is 0.549. The Labute approximate surface area is 133 Å². The molecule has 0 aliphatic rings. The first-order valence-electron chi connectivity index (χ1n) is 6.88. The number of pyridine rings is 1. The summed E-state index contributed by atoms with van der Waals surface area (Å²) in [6, 6.07) is 9.84. The van der Waals surface area contributed by atoms with Crippen molar-refractivity contribution in [3.63, 3.8) is 0 Å². The molecule has 108 valence electrons. The summed E-state index contributed by atoms with van der Waals surface area (Å²) in [6.07, 6.45) is 5.30. The second-order valence-corrected chi connectivity index (χ2v) is 5.62. The number of halogens is 2. The number of fused-ring (bicyclic) bond motifs is 1. The van der Waals surface area contributed by atoms with Gasteiger partial charge in [0.15, 0.2) is 0 Å². The molecular formula is C16H15Cl2N3. The molecule has 0 atom stereocenters. The molecule has 3 rings (SSSR count). The molecule has 0 saturated carbocycles. The molecule has 0 fully saturated rings. The van der Waals surface area contributed by atoms with E-state index in [-0.39, 0.29) is 0 Å². The van der Waals surface area contributed by atoms with Crippen molar-refractivity contribution in [3.8, 4) is 0 Å². The van der Waals surface area contributed by atoms with Crippen molar-refractivity contribution >= 4 is 34.2 Å². The van der Waals surface area contributed by atoms with Crippen LogP contribution in [0.15, 0.2) is 42.7 Å². The molecule has 0 N–H and O–H groups in total. The van der Waals surface area contributed by atoms with Crippen molar-refractivity contribution in [2.24, 2.45) is 0 Å². The molecule has 1 aromatic carbocycles. The summed E-state index contributed by atoms with van der Waals surface area (Å²) in [5.74, 6) is 1.53. The molecule has 3 nitrogen and oxygen atoms in total. The van der Waals surface area contributed by atoms with E-state index in [1.807, 2.05) is 30.5 Å². The Hall–Kier alpha value is -1.58. The lowest BCUT2D eigenvalue weighted by Crippen LogP contribution is -2.07. The predicted molar refractivity (Wildman–Crippen MR) is 87.1 cm³/mol. The number of hydrogen-bond acceptors (Lipinski definition) is 2. The van der Waals surface area contributed by atoms with Crippen molar-refractivity contribution in [3.05, 3.63) is 59.1 Å². The number of hydrogen-bond donors (Lipinski definition) is 0. The zero-order chi connectivity index (χ0) is 14.7. The van der Waals surface area contributed by atoms with Crippen LogP contribution in [0.4, 0.5) is 0 Å². The van der Waals surface area contributed by atoms with Gasteiger partial charge in [-0.3, -0.25) is 4.98 Å². The number of aromatic nitrogens is 3. The van der Waals surface area contributed by atoms with Crippen LogP contribution in [0.5, 0.6) is 0 Å². The third-order valence-corrected chi connectivity index (χ3v) is 3.96. The number of alkyl halides is 1. The van der Waals surface area contributed by atoms with Gasteiger partial charge in [-0.1, -0.05) is 23.7 Å². The second-order valence-electron chi connectivity index (χ2n) is 4.84. The Morgan fingerprint density at radius 2 is 2.00 bits per heavy atom. The lowest BCUT2D eigenvalue weighted by molar-refractivity contribution is 0.674. The lowest BCUT2D eigenvalue weighted by atomic mass is 10.2. The predicted octanol–water partition coefficient (Wildman–Crippen LogP) is 4.11. The minimum atomic E-state index is 0.549. The molecular weight excluding hydrogens is 305 g/mol. The highest BCUT2D eigenvalue weighted by molar-refractivity contribution is 6.35.